The highest BCUT2D eigenvalue weighted by molar-refractivity contribution is 7.99. The minimum Gasteiger partial charge on any atom is -0.289 e. The molecule has 0 heterocycles. The first kappa shape index (κ1) is 35.4. The third-order valence-electron chi connectivity index (χ3n) is 8.43. The maximum atomic E-state index is 13.4. The van der Waals surface area contributed by atoms with E-state index in [1.54, 1.807) is 0 Å². The van der Waals surface area contributed by atoms with Crippen molar-refractivity contribution in [2.45, 2.75) is 193 Å². The van der Waals surface area contributed by atoms with Gasteiger partial charge in [-0.15, -0.1) is 11.8 Å². The summed E-state index contributed by atoms with van der Waals surface area (Å²) in [6.45, 7) is 11.3. The lowest BCUT2D eigenvalue weighted by atomic mass is 9.88. The van der Waals surface area contributed by atoms with E-state index in [9.17, 15) is 5.11 Å². The fraction of sp³-hybridized carbons (Fsp3) is 0.833. The molecule has 0 spiro atoms. The lowest BCUT2D eigenvalue weighted by molar-refractivity contribution is 0.337. The highest BCUT2D eigenvalue weighted by Crippen LogP contribution is 2.41. The number of hydrogen-bond acceptors (Lipinski definition) is 1. The molecule has 0 saturated heterocycles. The van der Waals surface area contributed by atoms with Gasteiger partial charge in [-0.05, 0) is 49.0 Å². The van der Waals surface area contributed by atoms with Gasteiger partial charge < -0.3 is 0 Å². The standard InChI is InChI=1S/C36H65OS/c1-6-9-12-13-14-15-16-17-18-19-20-21-22-23-24-25-28-38-33-29-34(31(4)26-10-7-2)36(37)35(30-33)32(5)27-11-8-3/h29-32H,6-28H2,1-5H3. The van der Waals surface area contributed by atoms with Crippen LogP contribution >= 0.6 is 11.8 Å². The zero-order valence-corrected chi connectivity index (χ0v) is 27.2. The van der Waals surface area contributed by atoms with Gasteiger partial charge in [-0.25, -0.2) is 0 Å². The summed E-state index contributed by atoms with van der Waals surface area (Å²) in [4.78, 5) is 1.34. The average Bonchev–Trinajstić information content (AvgIpc) is 2.92. The molecule has 0 saturated carbocycles. The average molecular weight is 546 g/mol. The van der Waals surface area contributed by atoms with Gasteiger partial charge in [0, 0.05) is 16.0 Å². The maximum Gasteiger partial charge on any atom is 0.185 e. The third kappa shape index (κ3) is 16.5. The second-order valence-corrected chi connectivity index (χ2v) is 13.3. The molecule has 1 aromatic rings. The molecule has 0 N–H and O–H groups in total. The number of benzene rings is 1. The molecule has 221 valence electrons. The summed E-state index contributed by atoms with van der Waals surface area (Å²) in [5, 5.41) is 13.4. The van der Waals surface area contributed by atoms with E-state index < -0.39 is 0 Å². The monoisotopic (exact) mass is 545 g/mol. The van der Waals surface area contributed by atoms with Gasteiger partial charge in [-0.2, -0.15) is 0 Å². The van der Waals surface area contributed by atoms with Gasteiger partial charge in [-0.1, -0.05) is 157 Å². The van der Waals surface area contributed by atoms with Gasteiger partial charge in [0.25, 0.3) is 0 Å². The number of thioether (sulfide) groups is 1. The molecule has 0 bridgehead atoms. The van der Waals surface area contributed by atoms with Crippen LogP contribution in [0.4, 0.5) is 0 Å². The van der Waals surface area contributed by atoms with Crippen molar-refractivity contribution < 1.29 is 5.11 Å². The van der Waals surface area contributed by atoms with Crippen LogP contribution in [0, 0.1) is 0 Å². The van der Waals surface area contributed by atoms with E-state index in [2.05, 4.69) is 46.8 Å². The minimum absolute atomic E-state index is 0.337. The van der Waals surface area contributed by atoms with Gasteiger partial charge >= 0.3 is 0 Å². The van der Waals surface area contributed by atoms with Crippen molar-refractivity contribution in [3.05, 3.63) is 23.3 Å². The van der Waals surface area contributed by atoms with E-state index in [1.165, 1.54) is 139 Å². The second-order valence-electron chi connectivity index (χ2n) is 12.2. The molecule has 1 nitrogen and oxygen atoms in total. The molecule has 0 aliphatic heterocycles. The van der Waals surface area contributed by atoms with E-state index in [0.717, 1.165) is 24.0 Å². The first-order valence-corrected chi connectivity index (χ1v) is 18.0. The highest BCUT2D eigenvalue weighted by Gasteiger charge is 2.20. The van der Waals surface area contributed by atoms with Crippen LogP contribution in [-0.4, -0.2) is 5.75 Å². The van der Waals surface area contributed by atoms with E-state index in [0.29, 0.717) is 17.6 Å². The Kier molecular flexibility index (Phi) is 22.5. The van der Waals surface area contributed by atoms with E-state index in [1.807, 2.05) is 11.8 Å². The Labute approximate surface area is 243 Å². The molecule has 0 amide bonds. The molecule has 0 aromatic heterocycles. The van der Waals surface area contributed by atoms with E-state index in [-0.39, 0.29) is 0 Å². The van der Waals surface area contributed by atoms with Gasteiger partial charge in [0.1, 0.15) is 0 Å². The fourth-order valence-electron chi connectivity index (χ4n) is 5.63. The Balaban J connectivity index is 2.27. The first-order valence-electron chi connectivity index (χ1n) is 17.0. The Bertz CT molecular complexity index is 634. The summed E-state index contributed by atoms with van der Waals surface area (Å²) in [6, 6.07) is 4.49. The van der Waals surface area contributed by atoms with E-state index >= 15 is 0 Å². The number of hydrogen-bond donors (Lipinski definition) is 0. The predicted octanol–water partition coefficient (Wildman–Crippen LogP) is 13.8. The quantitative estimate of drug-likeness (QED) is 0.0837. The molecule has 2 unspecified atom stereocenters. The van der Waals surface area contributed by atoms with Crippen LogP contribution in [0.15, 0.2) is 17.0 Å². The van der Waals surface area contributed by atoms with Crippen LogP contribution in [-0.2, 0) is 5.11 Å². The van der Waals surface area contributed by atoms with Crippen molar-refractivity contribution in [2.24, 2.45) is 0 Å². The zero-order valence-electron chi connectivity index (χ0n) is 26.4. The topological polar surface area (TPSA) is 19.9 Å². The Morgan fingerprint density at radius 3 is 1.24 bits per heavy atom. The molecule has 0 aliphatic carbocycles. The zero-order chi connectivity index (χ0) is 27.8. The smallest absolute Gasteiger partial charge is 0.185 e. The van der Waals surface area contributed by atoms with Crippen LogP contribution in [0.2, 0.25) is 0 Å². The van der Waals surface area contributed by atoms with Crippen molar-refractivity contribution >= 4 is 11.8 Å². The molecule has 0 aliphatic rings. The summed E-state index contributed by atoms with van der Waals surface area (Å²) in [6.07, 6.45) is 29.8. The molecule has 0 fully saturated rings. The SMILES string of the molecule is CCCCCCCCCCCCCCCCCCSc1cc(C(C)CCCC)c([O])c(C(C)CCCC)c1. The highest BCUT2D eigenvalue weighted by atomic mass is 32.2. The van der Waals surface area contributed by atoms with Crippen LogP contribution < -0.4 is 0 Å². The fourth-order valence-corrected chi connectivity index (χ4v) is 6.64. The second kappa shape index (κ2) is 24.2. The Hall–Kier alpha value is -0.630. The van der Waals surface area contributed by atoms with Crippen LogP contribution in [0.25, 0.3) is 0 Å². The van der Waals surface area contributed by atoms with Gasteiger partial charge in [0.05, 0.1) is 0 Å². The number of rotatable bonds is 26. The number of unbranched alkanes of at least 4 members (excludes halogenated alkanes) is 17. The first-order chi connectivity index (χ1) is 18.5. The molecule has 1 radical (unpaired) electrons. The lowest BCUT2D eigenvalue weighted by Gasteiger charge is -2.19. The molecular weight excluding hydrogens is 480 g/mol. The third-order valence-corrected chi connectivity index (χ3v) is 9.49. The van der Waals surface area contributed by atoms with Crippen molar-refractivity contribution in [2.75, 3.05) is 5.75 Å². The van der Waals surface area contributed by atoms with Crippen molar-refractivity contribution in [1.82, 2.24) is 0 Å². The molecule has 1 aromatic carbocycles. The lowest BCUT2D eigenvalue weighted by Crippen LogP contribution is -2.01. The normalized spacial score (nSPS) is 13.2. The Morgan fingerprint density at radius 2 is 0.868 bits per heavy atom. The summed E-state index contributed by atoms with van der Waals surface area (Å²) in [7, 11) is 0. The van der Waals surface area contributed by atoms with E-state index in [4.69, 9.17) is 0 Å². The predicted molar refractivity (Wildman–Crippen MR) is 173 cm³/mol. The van der Waals surface area contributed by atoms with Crippen molar-refractivity contribution in [3.63, 3.8) is 0 Å². The summed E-state index contributed by atoms with van der Waals surface area (Å²) < 4.78 is 0. The van der Waals surface area contributed by atoms with Crippen LogP contribution in [0.1, 0.15) is 199 Å². The van der Waals surface area contributed by atoms with Crippen LogP contribution in [0.5, 0.6) is 5.75 Å². The summed E-state index contributed by atoms with van der Waals surface area (Å²) >= 11 is 1.99. The molecule has 2 atom stereocenters. The van der Waals surface area contributed by atoms with Gasteiger partial charge in [0.2, 0.25) is 0 Å². The van der Waals surface area contributed by atoms with Gasteiger partial charge in [0.15, 0.2) is 5.75 Å². The van der Waals surface area contributed by atoms with Gasteiger partial charge in [-0.3, -0.25) is 5.11 Å². The molecule has 2 heteroatoms. The summed E-state index contributed by atoms with van der Waals surface area (Å²) in [5.41, 5.74) is 2.16. The van der Waals surface area contributed by atoms with Crippen molar-refractivity contribution in [1.29, 1.82) is 0 Å². The summed E-state index contributed by atoms with van der Waals surface area (Å²) in [5.74, 6) is 2.26. The molecule has 38 heavy (non-hydrogen) atoms. The minimum atomic E-state index is 0.337. The Morgan fingerprint density at radius 1 is 0.526 bits per heavy atom. The van der Waals surface area contributed by atoms with Crippen LogP contribution in [0.3, 0.4) is 0 Å². The maximum absolute atomic E-state index is 13.4. The van der Waals surface area contributed by atoms with Crippen molar-refractivity contribution in [3.8, 4) is 5.75 Å². The largest absolute Gasteiger partial charge is 0.289 e. The molecular formula is C36H65OS. The molecule has 1 rings (SSSR count).